The molecule has 0 fully saturated rings. The fourth-order valence-corrected chi connectivity index (χ4v) is 3.41. The molecule has 26 heavy (non-hydrogen) atoms. The standard InChI is InChI=1S/C18H20N4O3S/c1-12-8-13(2)22(21-12)16(14-5-7-26-11-14)10-20-18(24)17(23)19-9-15-4-3-6-25-15/h3-8,11,16H,9-10H2,1-2H3,(H,19,23)(H,20,24). The van der Waals surface area contributed by atoms with Gasteiger partial charge in [0.2, 0.25) is 0 Å². The van der Waals surface area contributed by atoms with Gasteiger partial charge in [-0.1, -0.05) is 0 Å². The quantitative estimate of drug-likeness (QED) is 0.649. The van der Waals surface area contributed by atoms with Crippen LogP contribution in [-0.2, 0) is 16.1 Å². The summed E-state index contributed by atoms with van der Waals surface area (Å²) in [6.07, 6.45) is 1.52. The highest BCUT2D eigenvalue weighted by Crippen LogP contribution is 2.22. The Labute approximate surface area is 155 Å². The van der Waals surface area contributed by atoms with Crippen LogP contribution < -0.4 is 10.6 Å². The molecule has 2 N–H and O–H groups in total. The SMILES string of the molecule is Cc1cc(C)n(C(CNC(=O)C(=O)NCc2ccco2)c2ccsc2)n1. The van der Waals surface area contributed by atoms with Gasteiger partial charge in [0.05, 0.1) is 24.5 Å². The molecule has 0 saturated carbocycles. The van der Waals surface area contributed by atoms with Crippen LogP contribution in [0.15, 0.2) is 45.7 Å². The molecule has 136 valence electrons. The molecule has 1 atom stereocenters. The summed E-state index contributed by atoms with van der Waals surface area (Å²) in [6, 6.07) is 7.26. The summed E-state index contributed by atoms with van der Waals surface area (Å²) in [5.74, 6) is -0.790. The van der Waals surface area contributed by atoms with E-state index in [0.717, 1.165) is 17.0 Å². The molecule has 0 aliphatic heterocycles. The fourth-order valence-electron chi connectivity index (χ4n) is 2.70. The van der Waals surface area contributed by atoms with E-state index in [2.05, 4.69) is 15.7 Å². The maximum atomic E-state index is 12.1. The normalized spacial score (nSPS) is 11.9. The van der Waals surface area contributed by atoms with Gasteiger partial charge in [-0.05, 0) is 54.4 Å². The maximum absolute atomic E-state index is 12.1. The molecule has 0 aliphatic carbocycles. The number of carbonyl (C=O) groups is 2. The van der Waals surface area contributed by atoms with Crippen molar-refractivity contribution in [1.29, 1.82) is 0 Å². The lowest BCUT2D eigenvalue weighted by molar-refractivity contribution is -0.139. The molecular weight excluding hydrogens is 352 g/mol. The van der Waals surface area contributed by atoms with Crippen molar-refractivity contribution in [3.63, 3.8) is 0 Å². The molecule has 3 heterocycles. The molecule has 0 bridgehead atoms. The average Bonchev–Trinajstić information content (AvgIpc) is 3.36. The van der Waals surface area contributed by atoms with Crippen molar-refractivity contribution in [1.82, 2.24) is 20.4 Å². The summed E-state index contributed by atoms with van der Waals surface area (Å²) in [5.41, 5.74) is 2.94. The smallest absolute Gasteiger partial charge is 0.309 e. The number of furan rings is 1. The van der Waals surface area contributed by atoms with E-state index in [9.17, 15) is 9.59 Å². The van der Waals surface area contributed by atoms with E-state index in [1.54, 1.807) is 23.5 Å². The number of aryl methyl sites for hydroxylation is 2. The van der Waals surface area contributed by atoms with Gasteiger partial charge >= 0.3 is 11.8 Å². The predicted octanol–water partition coefficient (Wildman–Crippen LogP) is 2.18. The number of amides is 2. The summed E-state index contributed by atoms with van der Waals surface area (Å²) in [6.45, 7) is 4.34. The highest BCUT2D eigenvalue weighted by atomic mass is 32.1. The Morgan fingerprint density at radius 1 is 1.27 bits per heavy atom. The molecule has 1 unspecified atom stereocenters. The highest BCUT2D eigenvalue weighted by Gasteiger charge is 2.21. The third kappa shape index (κ3) is 4.20. The molecule has 0 spiro atoms. The van der Waals surface area contributed by atoms with Gasteiger partial charge in [-0.15, -0.1) is 0 Å². The van der Waals surface area contributed by atoms with E-state index in [1.165, 1.54) is 6.26 Å². The van der Waals surface area contributed by atoms with E-state index in [-0.39, 0.29) is 19.1 Å². The van der Waals surface area contributed by atoms with Crippen LogP contribution in [-0.4, -0.2) is 28.1 Å². The zero-order valence-electron chi connectivity index (χ0n) is 14.6. The third-order valence-electron chi connectivity index (χ3n) is 3.93. The fraction of sp³-hybridized carbons (Fsp3) is 0.278. The molecule has 0 aliphatic rings. The van der Waals surface area contributed by atoms with E-state index in [1.807, 2.05) is 41.4 Å². The Balaban J connectivity index is 1.63. The predicted molar refractivity (Wildman–Crippen MR) is 97.7 cm³/mol. The zero-order chi connectivity index (χ0) is 18.5. The highest BCUT2D eigenvalue weighted by molar-refractivity contribution is 7.08. The summed E-state index contributed by atoms with van der Waals surface area (Å²) >= 11 is 1.58. The van der Waals surface area contributed by atoms with E-state index in [4.69, 9.17) is 4.42 Å². The Morgan fingerprint density at radius 3 is 2.69 bits per heavy atom. The van der Waals surface area contributed by atoms with Crippen LogP contribution in [0.1, 0.15) is 28.8 Å². The summed E-state index contributed by atoms with van der Waals surface area (Å²) < 4.78 is 7.00. The third-order valence-corrected chi connectivity index (χ3v) is 4.63. The van der Waals surface area contributed by atoms with Gasteiger partial charge in [-0.2, -0.15) is 16.4 Å². The van der Waals surface area contributed by atoms with Crippen LogP contribution >= 0.6 is 11.3 Å². The van der Waals surface area contributed by atoms with E-state index < -0.39 is 11.8 Å². The number of aromatic nitrogens is 2. The maximum Gasteiger partial charge on any atom is 0.309 e. The number of thiophene rings is 1. The molecule has 3 rings (SSSR count). The second-order valence-electron chi connectivity index (χ2n) is 5.92. The molecule has 3 aromatic heterocycles. The van der Waals surface area contributed by atoms with Crippen molar-refractivity contribution in [2.75, 3.05) is 6.54 Å². The number of carbonyl (C=O) groups excluding carboxylic acids is 2. The Hall–Kier alpha value is -2.87. The van der Waals surface area contributed by atoms with Crippen molar-refractivity contribution in [2.45, 2.75) is 26.4 Å². The van der Waals surface area contributed by atoms with Crippen molar-refractivity contribution < 1.29 is 14.0 Å². The molecule has 3 aromatic rings. The van der Waals surface area contributed by atoms with Gasteiger partial charge in [-0.25, -0.2) is 0 Å². The van der Waals surface area contributed by atoms with Crippen LogP contribution in [0.25, 0.3) is 0 Å². The minimum absolute atomic E-state index is 0.170. The second-order valence-corrected chi connectivity index (χ2v) is 6.70. The molecule has 0 radical (unpaired) electrons. The van der Waals surface area contributed by atoms with Gasteiger partial charge in [0.15, 0.2) is 0 Å². The van der Waals surface area contributed by atoms with Crippen LogP contribution in [0.3, 0.4) is 0 Å². The van der Waals surface area contributed by atoms with Crippen LogP contribution in [0.2, 0.25) is 0 Å². The number of hydrogen-bond acceptors (Lipinski definition) is 5. The Kier molecular flexibility index (Phi) is 5.52. The minimum atomic E-state index is -0.696. The van der Waals surface area contributed by atoms with Crippen molar-refractivity contribution >= 4 is 23.2 Å². The number of nitrogens with zero attached hydrogens (tertiary/aromatic N) is 2. The Morgan fingerprint density at radius 2 is 2.08 bits per heavy atom. The number of hydrogen-bond donors (Lipinski definition) is 2. The van der Waals surface area contributed by atoms with Gasteiger partial charge in [0.25, 0.3) is 0 Å². The first-order valence-electron chi connectivity index (χ1n) is 8.18. The van der Waals surface area contributed by atoms with Gasteiger partial charge in [0, 0.05) is 12.2 Å². The zero-order valence-corrected chi connectivity index (χ0v) is 15.4. The first-order chi connectivity index (χ1) is 12.5. The summed E-state index contributed by atoms with van der Waals surface area (Å²) in [7, 11) is 0. The first kappa shape index (κ1) is 17.9. The summed E-state index contributed by atoms with van der Waals surface area (Å²) in [5, 5.41) is 13.7. The first-order valence-corrected chi connectivity index (χ1v) is 9.12. The monoisotopic (exact) mass is 372 g/mol. The lowest BCUT2D eigenvalue weighted by Gasteiger charge is -2.19. The lowest BCUT2D eigenvalue weighted by atomic mass is 10.1. The lowest BCUT2D eigenvalue weighted by Crippen LogP contribution is -2.42. The molecule has 0 aromatic carbocycles. The second kappa shape index (κ2) is 8.01. The molecular formula is C18H20N4O3S. The molecule has 8 heteroatoms. The largest absolute Gasteiger partial charge is 0.467 e. The van der Waals surface area contributed by atoms with E-state index in [0.29, 0.717) is 5.76 Å². The summed E-state index contributed by atoms with van der Waals surface area (Å²) in [4.78, 5) is 24.1. The van der Waals surface area contributed by atoms with Crippen LogP contribution in [0.5, 0.6) is 0 Å². The molecule has 7 nitrogen and oxygen atoms in total. The minimum Gasteiger partial charge on any atom is -0.467 e. The van der Waals surface area contributed by atoms with Crippen molar-refractivity contribution in [3.05, 3.63) is 64.0 Å². The molecule has 0 saturated heterocycles. The van der Waals surface area contributed by atoms with Gasteiger partial charge in [-0.3, -0.25) is 14.3 Å². The van der Waals surface area contributed by atoms with Crippen molar-refractivity contribution in [3.8, 4) is 0 Å². The number of rotatable bonds is 6. The number of nitrogens with one attached hydrogen (secondary N) is 2. The van der Waals surface area contributed by atoms with E-state index >= 15 is 0 Å². The van der Waals surface area contributed by atoms with Gasteiger partial charge in [0.1, 0.15) is 5.76 Å². The van der Waals surface area contributed by atoms with Gasteiger partial charge < -0.3 is 15.1 Å². The Bertz CT molecular complexity index is 869. The van der Waals surface area contributed by atoms with Crippen LogP contribution in [0.4, 0.5) is 0 Å². The molecule has 2 amide bonds. The average molecular weight is 372 g/mol. The van der Waals surface area contributed by atoms with Crippen LogP contribution in [0, 0.1) is 13.8 Å². The topological polar surface area (TPSA) is 89.2 Å². The van der Waals surface area contributed by atoms with Crippen molar-refractivity contribution in [2.24, 2.45) is 0 Å².